The first-order chi connectivity index (χ1) is 15.5. The summed E-state index contributed by atoms with van der Waals surface area (Å²) in [6, 6.07) is 20.1. The van der Waals surface area contributed by atoms with Gasteiger partial charge in [0.05, 0.1) is 24.5 Å². The number of hydrogen-bond donors (Lipinski definition) is 3. The number of rotatable bonds is 3. The summed E-state index contributed by atoms with van der Waals surface area (Å²) < 4.78 is 5.56. The molecule has 162 valence electrons. The van der Waals surface area contributed by atoms with Gasteiger partial charge in [0.15, 0.2) is 5.78 Å². The van der Waals surface area contributed by atoms with E-state index in [2.05, 4.69) is 10.6 Å². The molecular formula is C26H23ClN2O3. The van der Waals surface area contributed by atoms with Gasteiger partial charge in [-0.1, -0.05) is 41.9 Å². The number of anilines is 2. The zero-order valence-corrected chi connectivity index (χ0v) is 18.3. The number of allylic oxidation sites excluding steroid dienone is 1. The molecule has 6 heteroatoms. The maximum Gasteiger partial charge on any atom is 0.163 e. The zero-order valence-electron chi connectivity index (χ0n) is 17.6. The Kier molecular flexibility index (Phi) is 5.27. The molecule has 0 fully saturated rings. The summed E-state index contributed by atoms with van der Waals surface area (Å²) in [5, 5.41) is 18.1. The number of Topliss-reactive ketones (excluding diaryl/α,β-unsaturated/α-hetero) is 1. The van der Waals surface area contributed by atoms with Crippen LogP contribution in [-0.2, 0) is 4.79 Å². The largest absolute Gasteiger partial charge is 0.508 e. The first-order valence-corrected chi connectivity index (χ1v) is 10.9. The van der Waals surface area contributed by atoms with Crippen molar-refractivity contribution in [3.05, 3.63) is 94.1 Å². The molecule has 32 heavy (non-hydrogen) atoms. The van der Waals surface area contributed by atoms with Crippen LogP contribution in [0.15, 0.2) is 78.0 Å². The number of para-hydroxylation sites is 3. The highest BCUT2D eigenvalue weighted by atomic mass is 35.5. The monoisotopic (exact) mass is 446 g/mol. The van der Waals surface area contributed by atoms with Crippen molar-refractivity contribution in [3.63, 3.8) is 0 Å². The minimum Gasteiger partial charge on any atom is -0.508 e. The average molecular weight is 447 g/mol. The second-order valence-corrected chi connectivity index (χ2v) is 8.55. The number of carbonyl (C=O) groups excluding carboxylic acids is 1. The summed E-state index contributed by atoms with van der Waals surface area (Å²) in [4.78, 5) is 13.6. The molecule has 2 atom stereocenters. The molecule has 0 saturated heterocycles. The molecule has 5 nitrogen and oxygen atoms in total. The van der Waals surface area contributed by atoms with Gasteiger partial charge in [0, 0.05) is 34.2 Å². The summed E-state index contributed by atoms with van der Waals surface area (Å²) in [7, 11) is 1.65. The van der Waals surface area contributed by atoms with E-state index >= 15 is 0 Å². The lowest BCUT2D eigenvalue weighted by Crippen LogP contribution is -2.27. The summed E-state index contributed by atoms with van der Waals surface area (Å²) in [5.41, 5.74) is 4.81. The van der Waals surface area contributed by atoms with Gasteiger partial charge in [0.25, 0.3) is 0 Å². The van der Waals surface area contributed by atoms with Crippen LogP contribution >= 0.6 is 11.6 Å². The third-order valence-electron chi connectivity index (χ3n) is 6.19. The molecule has 0 radical (unpaired) electrons. The molecule has 3 aromatic carbocycles. The van der Waals surface area contributed by atoms with Crippen LogP contribution in [0.1, 0.15) is 35.9 Å². The van der Waals surface area contributed by atoms with E-state index in [-0.39, 0.29) is 17.5 Å². The first kappa shape index (κ1) is 20.5. The lowest BCUT2D eigenvalue weighted by molar-refractivity contribution is -0.116. The molecular weight excluding hydrogens is 424 g/mol. The zero-order chi connectivity index (χ0) is 22.2. The number of aromatic hydroxyl groups is 1. The Hall–Kier alpha value is -3.44. The summed E-state index contributed by atoms with van der Waals surface area (Å²) in [5.74, 6) is 0.895. The SMILES string of the molecule is COc1ccccc1C1CC(=O)C2=C(C1)Nc1ccccc1NC2c1cc(Cl)ccc1O. The van der Waals surface area contributed by atoms with Gasteiger partial charge in [-0.25, -0.2) is 0 Å². The van der Waals surface area contributed by atoms with Crippen molar-refractivity contribution in [2.24, 2.45) is 0 Å². The van der Waals surface area contributed by atoms with Gasteiger partial charge in [0.2, 0.25) is 0 Å². The average Bonchev–Trinajstić information content (AvgIpc) is 2.97. The molecule has 5 rings (SSSR count). The van der Waals surface area contributed by atoms with Crippen LogP contribution in [0, 0.1) is 0 Å². The molecule has 0 bridgehead atoms. The topological polar surface area (TPSA) is 70.6 Å². The number of ketones is 1. The molecule has 3 aromatic rings. The lowest BCUT2D eigenvalue weighted by Gasteiger charge is -2.30. The molecule has 0 saturated carbocycles. The van der Waals surface area contributed by atoms with Crippen molar-refractivity contribution < 1.29 is 14.6 Å². The number of carbonyl (C=O) groups is 1. The number of halogens is 1. The summed E-state index contributed by atoms with van der Waals surface area (Å²) in [6.07, 6.45) is 1.01. The molecule has 0 aromatic heterocycles. The number of fused-ring (bicyclic) bond motifs is 1. The predicted octanol–water partition coefficient (Wildman–Crippen LogP) is 6.03. The molecule has 1 aliphatic carbocycles. The van der Waals surface area contributed by atoms with Crippen molar-refractivity contribution >= 4 is 28.8 Å². The van der Waals surface area contributed by atoms with E-state index in [1.165, 1.54) is 0 Å². The van der Waals surface area contributed by atoms with Gasteiger partial charge in [0.1, 0.15) is 11.5 Å². The number of phenolic OH excluding ortho intramolecular Hbond substituents is 1. The molecule has 2 aliphatic rings. The third kappa shape index (κ3) is 3.59. The molecule has 3 N–H and O–H groups in total. The quantitative estimate of drug-likeness (QED) is 0.458. The molecule has 1 aliphatic heterocycles. The Balaban J connectivity index is 1.65. The van der Waals surface area contributed by atoms with Gasteiger partial charge in [-0.2, -0.15) is 0 Å². The van der Waals surface area contributed by atoms with Gasteiger partial charge in [-0.15, -0.1) is 0 Å². The van der Waals surface area contributed by atoms with Crippen LogP contribution in [-0.4, -0.2) is 18.0 Å². The van der Waals surface area contributed by atoms with E-state index in [4.69, 9.17) is 16.3 Å². The van der Waals surface area contributed by atoms with Crippen LogP contribution in [0.2, 0.25) is 5.02 Å². The highest BCUT2D eigenvalue weighted by Crippen LogP contribution is 2.47. The van der Waals surface area contributed by atoms with E-state index in [1.54, 1.807) is 25.3 Å². The Morgan fingerprint density at radius 2 is 1.72 bits per heavy atom. The maximum atomic E-state index is 13.6. The smallest absolute Gasteiger partial charge is 0.163 e. The van der Waals surface area contributed by atoms with Crippen molar-refractivity contribution in [1.82, 2.24) is 0 Å². The first-order valence-electron chi connectivity index (χ1n) is 10.6. The van der Waals surface area contributed by atoms with Crippen LogP contribution in [0.25, 0.3) is 0 Å². The number of nitrogens with one attached hydrogen (secondary N) is 2. The number of methoxy groups -OCH3 is 1. The van der Waals surface area contributed by atoms with Gasteiger partial charge in [-0.3, -0.25) is 4.79 Å². The third-order valence-corrected chi connectivity index (χ3v) is 6.42. The van der Waals surface area contributed by atoms with E-state index in [9.17, 15) is 9.90 Å². The Labute approximate surface area is 191 Å². The van der Waals surface area contributed by atoms with Crippen LogP contribution < -0.4 is 15.4 Å². The van der Waals surface area contributed by atoms with Crippen molar-refractivity contribution in [3.8, 4) is 11.5 Å². The van der Waals surface area contributed by atoms with Crippen LogP contribution in [0.3, 0.4) is 0 Å². The minimum atomic E-state index is -0.522. The second-order valence-electron chi connectivity index (χ2n) is 8.11. The molecule has 0 amide bonds. The van der Waals surface area contributed by atoms with E-state index in [0.717, 1.165) is 28.4 Å². The second kappa shape index (κ2) is 8.24. The van der Waals surface area contributed by atoms with Gasteiger partial charge < -0.3 is 20.5 Å². The minimum absolute atomic E-state index is 0.0104. The van der Waals surface area contributed by atoms with Gasteiger partial charge in [-0.05, 0) is 48.4 Å². The van der Waals surface area contributed by atoms with Crippen molar-refractivity contribution in [2.45, 2.75) is 24.8 Å². The van der Waals surface area contributed by atoms with Crippen molar-refractivity contribution in [2.75, 3.05) is 17.7 Å². The van der Waals surface area contributed by atoms with Crippen LogP contribution in [0.4, 0.5) is 11.4 Å². The Morgan fingerprint density at radius 3 is 2.53 bits per heavy atom. The van der Waals surface area contributed by atoms with Gasteiger partial charge >= 0.3 is 0 Å². The normalized spacial score (nSPS) is 19.9. The summed E-state index contributed by atoms with van der Waals surface area (Å²) in [6.45, 7) is 0. The molecule has 0 spiro atoms. The maximum absolute atomic E-state index is 13.6. The standard InChI is InChI=1S/C26H23ClN2O3/c1-32-24-9-5-2-6-17(24)15-12-21-25(23(31)13-15)26(18-14-16(27)10-11-22(18)30)29-20-8-4-3-7-19(20)28-21/h2-11,14-15,26,28-30H,12-13H2,1H3. The predicted molar refractivity (Wildman–Crippen MR) is 127 cm³/mol. The highest BCUT2D eigenvalue weighted by Gasteiger charge is 2.37. The number of benzene rings is 3. The van der Waals surface area contributed by atoms with E-state index < -0.39 is 6.04 Å². The Morgan fingerprint density at radius 1 is 0.969 bits per heavy atom. The summed E-state index contributed by atoms with van der Waals surface area (Å²) >= 11 is 6.26. The van der Waals surface area contributed by atoms with Crippen LogP contribution in [0.5, 0.6) is 11.5 Å². The Bertz CT molecular complexity index is 1240. The van der Waals surface area contributed by atoms with Crippen molar-refractivity contribution in [1.29, 1.82) is 0 Å². The fourth-order valence-corrected chi connectivity index (χ4v) is 4.89. The fraction of sp³-hybridized carbons (Fsp3) is 0.192. The number of hydrogen-bond acceptors (Lipinski definition) is 5. The fourth-order valence-electron chi connectivity index (χ4n) is 4.71. The molecule has 2 unspecified atom stereocenters. The molecule has 1 heterocycles. The number of phenols is 1. The van der Waals surface area contributed by atoms with E-state index in [1.807, 2.05) is 48.5 Å². The van der Waals surface area contributed by atoms with E-state index in [0.29, 0.717) is 29.0 Å². The highest BCUT2D eigenvalue weighted by molar-refractivity contribution is 6.30. The lowest BCUT2D eigenvalue weighted by atomic mass is 9.78. The number of ether oxygens (including phenoxy) is 1.